The van der Waals surface area contributed by atoms with Crippen molar-refractivity contribution >= 4 is 39.5 Å². The summed E-state index contributed by atoms with van der Waals surface area (Å²) >= 11 is 0. The van der Waals surface area contributed by atoms with Crippen LogP contribution in [0, 0.1) is 11.3 Å². The lowest BCUT2D eigenvalue weighted by atomic mass is 10.1. The second kappa shape index (κ2) is 8.05. The Morgan fingerprint density at radius 3 is 2.67 bits per heavy atom. The molecule has 1 aliphatic rings. The van der Waals surface area contributed by atoms with E-state index in [0.29, 0.717) is 35.3 Å². The van der Waals surface area contributed by atoms with Crippen LogP contribution in [0.4, 0.5) is 11.4 Å². The third-order valence-electron chi connectivity index (χ3n) is 4.88. The summed E-state index contributed by atoms with van der Waals surface area (Å²) in [4.78, 5) is 12.8. The molecule has 0 bridgehead atoms. The second-order valence-electron chi connectivity index (χ2n) is 6.88. The van der Waals surface area contributed by atoms with E-state index < -0.39 is 0 Å². The minimum Gasteiger partial charge on any atom is -0.505 e. The van der Waals surface area contributed by atoms with Crippen LogP contribution in [0.5, 0.6) is 5.75 Å². The molecule has 1 heterocycles. The van der Waals surface area contributed by atoms with Gasteiger partial charge in [0.15, 0.2) is 5.71 Å². The molecule has 4 rings (SSSR count). The van der Waals surface area contributed by atoms with Gasteiger partial charge >= 0.3 is 5.91 Å². The van der Waals surface area contributed by atoms with E-state index in [1.807, 2.05) is 42.5 Å². The van der Waals surface area contributed by atoms with Gasteiger partial charge in [0, 0.05) is 11.8 Å². The molecule has 2 N–H and O–H groups in total. The first-order chi connectivity index (χ1) is 14.6. The summed E-state index contributed by atoms with van der Waals surface area (Å²) < 4.78 is 0. The molecule has 1 amide bonds. The van der Waals surface area contributed by atoms with Gasteiger partial charge < -0.3 is 5.11 Å². The molecule has 0 fully saturated rings. The molecule has 3 aromatic carbocycles. The highest BCUT2D eigenvalue weighted by Crippen LogP contribution is 2.32. The number of carbonyl (C=O) groups is 1. The van der Waals surface area contributed by atoms with Gasteiger partial charge in [-0.05, 0) is 42.5 Å². The lowest BCUT2D eigenvalue weighted by Gasteiger charge is -2.12. The molecule has 0 atom stereocenters. The third-order valence-corrected chi connectivity index (χ3v) is 4.88. The summed E-state index contributed by atoms with van der Waals surface area (Å²) in [5, 5.41) is 30.6. The highest BCUT2D eigenvalue weighted by atomic mass is 16.3. The predicted octanol–water partition coefficient (Wildman–Crippen LogP) is 4.19. The molecule has 0 saturated heterocycles. The Labute approximate surface area is 173 Å². The number of fused-ring (bicyclic) bond motifs is 1. The number of carbonyl (C=O) groups excluding carboxylic acids is 1. The quantitative estimate of drug-likeness (QED) is 0.498. The van der Waals surface area contributed by atoms with E-state index in [1.54, 1.807) is 25.1 Å². The van der Waals surface area contributed by atoms with Crippen LogP contribution in [0.3, 0.4) is 0 Å². The SMILES string of the molecule is CC1=NN(c2ccc(CCC#N)cc2)C(=O)/C1=N\Nc1ccc2ccccc2c1O. The van der Waals surface area contributed by atoms with Crippen molar-refractivity contribution < 1.29 is 9.90 Å². The number of hydrazone groups is 2. The lowest BCUT2D eigenvalue weighted by molar-refractivity contribution is -0.112. The van der Waals surface area contributed by atoms with Gasteiger partial charge in [-0.25, -0.2) is 0 Å². The molecule has 0 aromatic heterocycles. The summed E-state index contributed by atoms with van der Waals surface area (Å²) in [6, 6.07) is 20.5. The first-order valence-electron chi connectivity index (χ1n) is 9.49. The van der Waals surface area contributed by atoms with E-state index in [0.717, 1.165) is 10.9 Å². The standard InChI is InChI=1S/C23H19N5O2/c1-15-21(26-25-20-13-10-17-6-2-3-7-19(17)22(20)29)23(30)28(27-15)18-11-8-16(9-12-18)5-4-14-24/h2-3,6-13,25,29H,4-5H2,1H3/b26-21-. The Hall–Kier alpha value is -4.18. The van der Waals surface area contributed by atoms with Gasteiger partial charge in [-0.15, -0.1) is 0 Å². The fourth-order valence-corrected chi connectivity index (χ4v) is 3.27. The molecular weight excluding hydrogens is 378 g/mol. The molecule has 7 heteroatoms. The summed E-state index contributed by atoms with van der Waals surface area (Å²) in [6.45, 7) is 1.71. The van der Waals surface area contributed by atoms with Crippen LogP contribution in [-0.2, 0) is 11.2 Å². The van der Waals surface area contributed by atoms with E-state index in [2.05, 4.69) is 21.7 Å². The molecule has 0 saturated carbocycles. The number of hydrogen-bond acceptors (Lipinski definition) is 6. The molecule has 30 heavy (non-hydrogen) atoms. The van der Waals surface area contributed by atoms with Crippen LogP contribution in [0.25, 0.3) is 10.8 Å². The van der Waals surface area contributed by atoms with Gasteiger partial charge in [-0.3, -0.25) is 10.2 Å². The highest BCUT2D eigenvalue weighted by Gasteiger charge is 2.30. The van der Waals surface area contributed by atoms with Crippen molar-refractivity contribution in [1.82, 2.24) is 0 Å². The summed E-state index contributed by atoms with van der Waals surface area (Å²) in [5.74, 6) is -0.285. The monoisotopic (exact) mass is 397 g/mol. The maximum atomic E-state index is 12.8. The van der Waals surface area contributed by atoms with Crippen molar-refractivity contribution in [2.75, 3.05) is 10.4 Å². The molecule has 0 spiro atoms. The van der Waals surface area contributed by atoms with Gasteiger partial charge in [0.25, 0.3) is 0 Å². The first kappa shape index (κ1) is 19.2. The number of phenolic OH excluding ortho intramolecular Hbond substituents is 1. The Morgan fingerprint density at radius 2 is 1.90 bits per heavy atom. The summed E-state index contributed by atoms with van der Waals surface area (Å²) in [6.07, 6.45) is 1.11. The smallest absolute Gasteiger partial charge is 0.301 e. The van der Waals surface area contributed by atoms with Crippen LogP contribution < -0.4 is 10.4 Å². The third kappa shape index (κ3) is 3.59. The Balaban J connectivity index is 1.54. The van der Waals surface area contributed by atoms with Crippen LogP contribution in [0.2, 0.25) is 0 Å². The van der Waals surface area contributed by atoms with E-state index in [9.17, 15) is 9.90 Å². The van der Waals surface area contributed by atoms with Gasteiger partial charge in [-0.2, -0.15) is 20.5 Å². The summed E-state index contributed by atoms with van der Waals surface area (Å²) in [7, 11) is 0. The van der Waals surface area contributed by atoms with E-state index in [1.165, 1.54) is 5.01 Å². The molecule has 0 radical (unpaired) electrons. The number of nitriles is 1. The van der Waals surface area contributed by atoms with Crippen molar-refractivity contribution in [1.29, 1.82) is 5.26 Å². The van der Waals surface area contributed by atoms with Gasteiger partial charge in [0.05, 0.1) is 23.2 Å². The van der Waals surface area contributed by atoms with Gasteiger partial charge in [-0.1, -0.05) is 42.5 Å². The van der Waals surface area contributed by atoms with E-state index >= 15 is 0 Å². The van der Waals surface area contributed by atoms with Crippen LogP contribution >= 0.6 is 0 Å². The number of rotatable bonds is 5. The Morgan fingerprint density at radius 1 is 1.13 bits per heavy atom. The number of benzene rings is 3. The molecule has 3 aromatic rings. The predicted molar refractivity (Wildman–Crippen MR) is 118 cm³/mol. The maximum absolute atomic E-state index is 12.8. The van der Waals surface area contributed by atoms with Crippen molar-refractivity contribution in [2.24, 2.45) is 10.2 Å². The van der Waals surface area contributed by atoms with E-state index in [-0.39, 0.29) is 17.4 Å². The van der Waals surface area contributed by atoms with E-state index in [4.69, 9.17) is 5.26 Å². The largest absolute Gasteiger partial charge is 0.505 e. The van der Waals surface area contributed by atoms with Crippen LogP contribution in [0.15, 0.2) is 70.9 Å². The molecule has 0 aliphatic carbocycles. The zero-order chi connectivity index (χ0) is 21.1. The first-order valence-corrected chi connectivity index (χ1v) is 9.49. The molecule has 148 valence electrons. The molecule has 7 nitrogen and oxygen atoms in total. The fraction of sp³-hybridized carbons (Fsp3) is 0.130. The van der Waals surface area contributed by atoms with Crippen molar-refractivity contribution in [3.05, 3.63) is 66.2 Å². The lowest BCUT2D eigenvalue weighted by Crippen LogP contribution is -2.27. The van der Waals surface area contributed by atoms with Gasteiger partial charge in [0.2, 0.25) is 0 Å². The van der Waals surface area contributed by atoms with Crippen molar-refractivity contribution in [2.45, 2.75) is 19.8 Å². The second-order valence-corrected chi connectivity index (χ2v) is 6.88. The Bertz CT molecular complexity index is 1220. The van der Waals surface area contributed by atoms with Gasteiger partial charge in [0.1, 0.15) is 5.75 Å². The zero-order valence-electron chi connectivity index (χ0n) is 16.3. The normalized spacial score (nSPS) is 14.8. The summed E-state index contributed by atoms with van der Waals surface area (Å²) in [5.41, 5.74) is 5.49. The van der Waals surface area contributed by atoms with Crippen LogP contribution in [0.1, 0.15) is 18.9 Å². The number of phenols is 1. The number of hydrogen-bond donors (Lipinski definition) is 2. The molecule has 1 aliphatic heterocycles. The number of anilines is 2. The average molecular weight is 397 g/mol. The van der Waals surface area contributed by atoms with Crippen LogP contribution in [-0.4, -0.2) is 22.4 Å². The number of nitrogens with zero attached hydrogens (tertiary/aromatic N) is 4. The minimum absolute atomic E-state index is 0.0716. The molecule has 0 unspecified atom stereocenters. The number of nitrogens with one attached hydrogen (secondary N) is 1. The highest BCUT2D eigenvalue weighted by molar-refractivity contribution is 6.71. The zero-order valence-corrected chi connectivity index (χ0v) is 16.3. The fourth-order valence-electron chi connectivity index (χ4n) is 3.27. The minimum atomic E-state index is -0.356. The topological polar surface area (TPSA) is 101 Å². The molecular formula is C23H19N5O2. The number of aromatic hydroxyl groups is 1. The number of amides is 1. The number of aryl methyl sites for hydroxylation is 1. The Kier molecular flexibility index (Phi) is 5.14. The maximum Gasteiger partial charge on any atom is 0.301 e. The van der Waals surface area contributed by atoms with Crippen molar-refractivity contribution in [3.63, 3.8) is 0 Å². The average Bonchev–Trinajstić information content (AvgIpc) is 3.06. The van der Waals surface area contributed by atoms with Crippen molar-refractivity contribution in [3.8, 4) is 11.8 Å².